The van der Waals surface area contributed by atoms with Crippen molar-refractivity contribution in [2.45, 2.75) is 19.5 Å². The molecule has 154 valence electrons. The van der Waals surface area contributed by atoms with Gasteiger partial charge in [-0.25, -0.2) is 14.4 Å². The van der Waals surface area contributed by atoms with Gasteiger partial charge < -0.3 is 5.32 Å². The van der Waals surface area contributed by atoms with Gasteiger partial charge in [0.15, 0.2) is 5.82 Å². The van der Waals surface area contributed by atoms with Gasteiger partial charge in [-0.15, -0.1) is 0 Å². The highest BCUT2D eigenvalue weighted by Crippen LogP contribution is 2.29. The van der Waals surface area contributed by atoms with E-state index >= 15 is 0 Å². The molecule has 1 aliphatic rings. The van der Waals surface area contributed by atoms with Crippen molar-refractivity contribution >= 4 is 11.5 Å². The van der Waals surface area contributed by atoms with Crippen molar-refractivity contribution in [3.63, 3.8) is 0 Å². The molecule has 31 heavy (non-hydrogen) atoms. The third-order valence-corrected chi connectivity index (χ3v) is 5.29. The molecular weight excluding hydrogens is 391 g/mol. The zero-order chi connectivity index (χ0) is 21.0. The van der Waals surface area contributed by atoms with Gasteiger partial charge in [0.05, 0.1) is 5.69 Å². The number of nitrogens with one attached hydrogen (secondary N) is 1. The van der Waals surface area contributed by atoms with Crippen LogP contribution < -0.4 is 5.32 Å². The zero-order valence-corrected chi connectivity index (χ0v) is 16.9. The summed E-state index contributed by atoms with van der Waals surface area (Å²) in [5.41, 5.74) is 4.91. The van der Waals surface area contributed by atoms with E-state index in [0.717, 1.165) is 54.4 Å². The van der Waals surface area contributed by atoms with Gasteiger partial charge >= 0.3 is 0 Å². The van der Waals surface area contributed by atoms with E-state index in [-0.39, 0.29) is 5.82 Å². The van der Waals surface area contributed by atoms with Gasteiger partial charge in [0.25, 0.3) is 0 Å². The molecule has 0 radical (unpaired) electrons. The number of benzene rings is 1. The van der Waals surface area contributed by atoms with Crippen LogP contribution in [-0.4, -0.2) is 31.4 Å². The van der Waals surface area contributed by atoms with Crippen LogP contribution in [0.3, 0.4) is 0 Å². The van der Waals surface area contributed by atoms with Crippen LogP contribution >= 0.6 is 0 Å². The molecule has 6 nitrogen and oxygen atoms in total. The Morgan fingerprint density at radius 2 is 1.74 bits per heavy atom. The van der Waals surface area contributed by atoms with Crippen LogP contribution in [0.1, 0.15) is 16.8 Å². The maximum Gasteiger partial charge on any atom is 0.163 e. The van der Waals surface area contributed by atoms with Crippen LogP contribution in [0.15, 0.2) is 73.3 Å². The van der Waals surface area contributed by atoms with Gasteiger partial charge in [-0.05, 0) is 48.0 Å². The highest BCUT2D eigenvalue weighted by molar-refractivity contribution is 5.65. The van der Waals surface area contributed by atoms with Crippen molar-refractivity contribution in [2.24, 2.45) is 0 Å². The van der Waals surface area contributed by atoms with Crippen LogP contribution in [0.2, 0.25) is 0 Å². The molecule has 0 spiro atoms. The number of rotatable bonds is 5. The number of pyridine rings is 2. The normalized spacial score (nSPS) is 13.6. The van der Waals surface area contributed by atoms with Crippen molar-refractivity contribution in [1.82, 2.24) is 24.8 Å². The highest BCUT2D eigenvalue weighted by atomic mass is 19.1. The smallest absolute Gasteiger partial charge is 0.163 e. The zero-order valence-electron chi connectivity index (χ0n) is 16.9. The lowest BCUT2D eigenvalue weighted by Crippen LogP contribution is -2.31. The molecule has 4 heterocycles. The fourth-order valence-electron chi connectivity index (χ4n) is 3.75. The number of nitrogens with zero attached hydrogens (tertiary/aromatic N) is 5. The first-order chi connectivity index (χ1) is 15.2. The summed E-state index contributed by atoms with van der Waals surface area (Å²) >= 11 is 0. The molecule has 7 heteroatoms. The Morgan fingerprint density at radius 3 is 2.48 bits per heavy atom. The summed E-state index contributed by atoms with van der Waals surface area (Å²) in [4.78, 5) is 20.5. The van der Waals surface area contributed by atoms with Crippen molar-refractivity contribution in [1.29, 1.82) is 0 Å². The fourth-order valence-corrected chi connectivity index (χ4v) is 3.75. The van der Waals surface area contributed by atoms with Crippen LogP contribution in [-0.2, 0) is 19.5 Å². The molecule has 0 saturated heterocycles. The third kappa shape index (κ3) is 4.41. The number of hydrogen-bond acceptors (Lipinski definition) is 6. The second-order valence-electron chi connectivity index (χ2n) is 7.52. The van der Waals surface area contributed by atoms with Crippen LogP contribution in [0.5, 0.6) is 0 Å². The molecule has 1 aliphatic heterocycles. The van der Waals surface area contributed by atoms with Gasteiger partial charge in [-0.1, -0.05) is 6.07 Å². The second kappa shape index (κ2) is 8.57. The number of anilines is 2. The van der Waals surface area contributed by atoms with Gasteiger partial charge in [0.2, 0.25) is 0 Å². The molecule has 1 aromatic carbocycles. The Morgan fingerprint density at radius 1 is 0.935 bits per heavy atom. The number of halogens is 1. The summed E-state index contributed by atoms with van der Waals surface area (Å²) in [7, 11) is 0. The molecule has 5 rings (SSSR count). The van der Waals surface area contributed by atoms with Crippen LogP contribution in [0, 0.1) is 5.82 Å². The number of aromatic nitrogens is 4. The predicted octanol–water partition coefficient (Wildman–Crippen LogP) is 4.37. The molecule has 4 aromatic rings. The van der Waals surface area contributed by atoms with Crippen molar-refractivity contribution in [3.8, 4) is 11.4 Å². The summed E-state index contributed by atoms with van der Waals surface area (Å²) in [6.45, 7) is 2.44. The molecule has 3 aromatic heterocycles. The lowest BCUT2D eigenvalue weighted by atomic mass is 10.0. The molecule has 0 fully saturated rings. The quantitative estimate of drug-likeness (QED) is 0.525. The lowest BCUT2D eigenvalue weighted by molar-refractivity contribution is 0.243. The second-order valence-corrected chi connectivity index (χ2v) is 7.52. The Balaban J connectivity index is 1.50. The minimum absolute atomic E-state index is 0.269. The van der Waals surface area contributed by atoms with Crippen molar-refractivity contribution in [3.05, 3.63) is 96.0 Å². The van der Waals surface area contributed by atoms with E-state index in [2.05, 4.69) is 26.3 Å². The number of fused-ring (bicyclic) bond motifs is 1. The standard InChI is InChI=1S/C24H21FN6/c25-19-5-7-20(8-6-19)28-24-21-16-31(15-17-3-1-10-26-13-17)12-9-22(21)29-23(30-24)18-4-2-11-27-14-18/h1-8,10-11,13-14H,9,12,15-16H2,(H,28,29,30). The first kappa shape index (κ1) is 19.3. The first-order valence-electron chi connectivity index (χ1n) is 10.2. The van der Waals surface area contributed by atoms with Gasteiger partial charge in [0, 0.05) is 67.7 Å². The maximum absolute atomic E-state index is 13.4. The van der Waals surface area contributed by atoms with E-state index in [0.29, 0.717) is 5.82 Å². The van der Waals surface area contributed by atoms with E-state index in [1.165, 1.54) is 17.7 Å². The van der Waals surface area contributed by atoms with Crippen LogP contribution in [0.25, 0.3) is 11.4 Å². The average Bonchev–Trinajstić information content (AvgIpc) is 2.82. The van der Waals surface area contributed by atoms with Crippen molar-refractivity contribution < 1.29 is 4.39 Å². The summed E-state index contributed by atoms with van der Waals surface area (Å²) in [6.07, 6.45) is 8.00. The topological polar surface area (TPSA) is 66.8 Å². The van der Waals surface area contributed by atoms with E-state index in [4.69, 9.17) is 9.97 Å². The molecule has 0 unspecified atom stereocenters. The molecule has 0 bridgehead atoms. The minimum Gasteiger partial charge on any atom is -0.340 e. The number of hydrogen-bond donors (Lipinski definition) is 1. The molecule has 0 amide bonds. The Kier molecular flexibility index (Phi) is 5.33. The maximum atomic E-state index is 13.4. The first-order valence-corrected chi connectivity index (χ1v) is 10.2. The summed E-state index contributed by atoms with van der Waals surface area (Å²) in [6, 6.07) is 14.2. The van der Waals surface area contributed by atoms with Gasteiger partial charge in [0.1, 0.15) is 11.6 Å². The predicted molar refractivity (Wildman–Crippen MR) is 117 cm³/mol. The molecule has 0 atom stereocenters. The Bertz CT molecular complexity index is 1170. The largest absolute Gasteiger partial charge is 0.340 e. The highest BCUT2D eigenvalue weighted by Gasteiger charge is 2.23. The molecule has 0 aliphatic carbocycles. The lowest BCUT2D eigenvalue weighted by Gasteiger charge is -2.29. The molecule has 0 saturated carbocycles. The van der Waals surface area contributed by atoms with E-state index in [1.54, 1.807) is 30.7 Å². The Labute approximate surface area is 179 Å². The fraction of sp³-hybridized carbons (Fsp3) is 0.167. The monoisotopic (exact) mass is 412 g/mol. The third-order valence-electron chi connectivity index (χ3n) is 5.29. The minimum atomic E-state index is -0.269. The van der Waals surface area contributed by atoms with Crippen molar-refractivity contribution in [2.75, 3.05) is 11.9 Å². The summed E-state index contributed by atoms with van der Waals surface area (Å²) in [5, 5.41) is 3.38. The van der Waals surface area contributed by atoms with Gasteiger partial charge in [-0.2, -0.15) is 0 Å². The Hall–Kier alpha value is -3.71. The van der Waals surface area contributed by atoms with E-state index in [9.17, 15) is 4.39 Å². The molecular formula is C24H21FN6. The van der Waals surface area contributed by atoms with Gasteiger partial charge in [-0.3, -0.25) is 14.9 Å². The van der Waals surface area contributed by atoms with E-state index < -0.39 is 0 Å². The summed E-state index contributed by atoms with van der Waals surface area (Å²) < 4.78 is 13.4. The average molecular weight is 412 g/mol. The molecule has 1 N–H and O–H groups in total. The summed E-state index contributed by atoms with van der Waals surface area (Å²) in [5.74, 6) is 1.11. The van der Waals surface area contributed by atoms with E-state index in [1.807, 2.05) is 24.4 Å². The van der Waals surface area contributed by atoms with Crippen LogP contribution in [0.4, 0.5) is 15.9 Å². The SMILES string of the molecule is Fc1ccc(Nc2nc(-c3cccnc3)nc3c2CN(Cc2cccnc2)CC3)cc1.